The predicted molar refractivity (Wildman–Crippen MR) is 108 cm³/mol. The third-order valence-electron chi connectivity index (χ3n) is 5.54. The van der Waals surface area contributed by atoms with Crippen molar-refractivity contribution in [3.8, 4) is 0 Å². The molecule has 0 unspecified atom stereocenters. The average Bonchev–Trinajstić information content (AvgIpc) is 2.74. The van der Waals surface area contributed by atoms with Crippen LogP contribution in [0.1, 0.15) is 18.5 Å². The summed E-state index contributed by atoms with van der Waals surface area (Å²) in [6.07, 6.45) is 0. The molecule has 1 atom stereocenters. The molecule has 1 heterocycles. The number of hydrogen-bond donors (Lipinski definition) is 1. The van der Waals surface area contributed by atoms with Crippen LogP contribution in [0.4, 0.5) is 4.39 Å². The lowest BCUT2D eigenvalue weighted by Gasteiger charge is -2.33. The molecule has 8 heteroatoms. The van der Waals surface area contributed by atoms with Crippen molar-refractivity contribution < 1.29 is 22.5 Å². The van der Waals surface area contributed by atoms with Crippen LogP contribution in [0.25, 0.3) is 0 Å². The number of nitrogens with zero attached hydrogens (tertiary/aromatic N) is 2. The fraction of sp³-hybridized carbons (Fsp3) is 0.381. The van der Waals surface area contributed by atoms with Crippen molar-refractivity contribution in [1.82, 2.24) is 9.21 Å². The van der Waals surface area contributed by atoms with Gasteiger partial charge < -0.3 is 9.80 Å². The largest absolute Gasteiger partial charge is 0.334 e. The second kappa shape index (κ2) is 9.02. The zero-order chi connectivity index (χ0) is 21.0. The SMILES string of the molecule is C[C@H](c1ccccc1)N(C)C(=O)C[NH+]1CCN(S(=O)(=O)c2ccccc2F)CC1. The number of rotatable bonds is 6. The van der Waals surface area contributed by atoms with Gasteiger partial charge in [0.15, 0.2) is 6.54 Å². The highest BCUT2D eigenvalue weighted by molar-refractivity contribution is 7.89. The van der Waals surface area contributed by atoms with Gasteiger partial charge in [-0.15, -0.1) is 0 Å². The molecule has 1 aliphatic rings. The van der Waals surface area contributed by atoms with Gasteiger partial charge in [0.05, 0.1) is 32.2 Å². The molecular weight excluding hydrogens is 393 g/mol. The Morgan fingerprint density at radius 3 is 2.31 bits per heavy atom. The number of piperazine rings is 1. The van der Waals surface area contributed by atoms with Crippen LogP contribution in [-0.4, -0.2) is 63.3 Å². The molecule has 1 fully saturated rings. The van der Waals surface area contributed by atoms with Gasteiger partial charge in [0.2, 0.25) is 10.0 Å². The highest BCUT2D eigenvalue weighted by atomic mass is 32.2. The Morgan fingerprint density at radius 2 is 1.69 bits per heavy atom. The molecule has 0 radical (unpaired) electrons. The Hall–Kier alpha value is -2.29. The maximum Gasteiger partial charge on any atom is 0.278 e. The van der Waals surface area contributed by atoms with Gasteiger partial charge in [0.25, 0.3) is 5.91 Å². The molecule has 0 bridgehead atoms. The number of benzene rings is 2. The van der Waals surface area contributed by atoms with Gasteiger partial charge in [-0.2, -0.15) is 4.31 Å². The molecule has 6 nitrogen and oxygen atoms in total. The number of carbonyl (C=O) groups is 1. The van der Waals surface area contributed by atoms with Gasteiger partial charge >= 0.3 is 0 Å². The summed E-state index contributed by atoms with van der Waals surface area (Å²) in [5, 5.41) is 0. The van der Waals surface area contributed by atoms with E-state index < -0.39 is 15.8 Å². The summed E-state index contributed by atoms with van der Waals surface area (Å²) in [6, 6.07) is 15.2. The van der Waals surface area contributed by atoms with E-state index in [0.29, 0.717) is 19.6 Å². The minimum atomic E-state index is -3.86. The van der Waals surface area contributed by atoms with Gasteiger partial charge in [0, 0.05) is 7.05 Å². The summed E-state index contributed by atoms with van der Waals surface area (Å²) in [5.74, 6) is -0.726. The summed E-state index contributed by atoms with van der Waals surface area (Å²) >= 11 is 0. The summed E-state index contributed by atoms with van der Waals surface area (Å²) in [4.78, 5) is 15.2. The zero-order valence-corrected chi connectivity index (χ0v) is 17.5. The Morgan fingerprint density at radius 1 is 1.10 bits per heavy atom. The zero-order valence-electron chi connectivity index (χ0n) is 16.7. The Labute approximate surface area is 171 Å². The van der Waals surface area contributed by atoms with Crippen LogP contribution in [0.3, 0.4) is 0 Å². The van der Waals surface area contributed by atoms with E-state index in [1.165, 1.54) is 22.5 Å². The molecule has 0 spiro atoms. The maximum absolute atomic E-state index is 13.9. The number of sulfonamides is 1. The topological polar surface area (TPSA) is 62.1 Å². The van der Waals surface area contributed by atoms with Crippen molar-refractivity contribution in [1.29, 1.82) is 0 Å². The van der Waals surface area contributed by atoms with Crippen LogP contribution in [0, 0.1) is 5.82 Å². The van der Waals surface area contributed by atoms with E-state index in [4.69, 9.17) is 0 Å². The number of amides is 1. The van der Waals surface area contributed by atoms with Crippen molar-refractivity contribution in [3.63, 3.8) is 0 Å². The molecule has 156 valence electrons. The summed E-state index contributed by atoms with van der Waals surface area (Å²) < 4.78 is 40.6. The molecule has 1 saturated heterocycles. The first kappa shape index (κ1) is 21.4. The maximum atomic E-state index is 13.9. The molecule has 0 aliphatic carbocycles. The fourth-order valence-corrected chi connectivity index (χ4v) is 5.03. The second-order valence-corrected chi connectivity index (χ2v) is 9.26. The van der Waals surface area contributed by atoms with Crippen LogP contribution >= 0.6 is 0 Å². The minimum absolute atomic E-state index is 0.0155. The smallest absolute Gasteiger partial charge is 0.278 e. The summed E-state index contributed by atoms with van der Waals surface area (Å²) in [6.45, 7) is 3.83. The number of carbonyl (C=O) groups excluding carboxylic acids is 1. The lowest BCUT2D eigenvalue weighted by atomic mass is 10.1. The number of halogens is 1. The first-order valence-corrected chi connectivity index (χ1v) is 11.1. The lowest BCUT2D eigenvalue weighted by Crippen LogP contribution is -3.15. The quantitative estimate of drug-likeness (QED) is 0.757. The van der Waals surface area contributed by atoms with Crippen LogP contribution < -0.4 is 4.90 Å². The lowest BCUT2D eigenvalue weighted by molar-refractivity contribution is -0.896. The third kappa shape index (κ3) is 4.83. The van der Waals surface area contributed by atoms with Gasteiger partial charge in [-0.05, 0) is 24.6 Å². The van der Waals surface area contributed by atoms with Crippen molar-refractivity contribution >= 4 is 15.9 Å². The van der Waals surface area contributed by atoms with Gasteiger partial charge in [-0.25, -0.2) is 12.8 Å². The number of hydrogen-bond acceptors (Lipinski definition) is 3. The monoisotopic (exact) mass is 420 g/mol. The second-order valence-electron chi connectivity index (χ2n) is 7.35. The molecule has 1 N–H and O–H groups in total. The molecule has 2 aromatic rings. The van der Waals surface area contributed by atoms with Crippen molar-refractivity contribution in [2.45, 2.75) is 17.9 Å². The van der Waals surface area contributed by atoms with E-state index in [0.717, 1.165) is 16.5 Å². The molecular formula is C21H27FN3O3S+. The molecule has 1 amide bonds. The van der Waals surface area contributed by atoms with Crippen molar-refractivity contribution in [3.05, 3.63) is 66.0 Å². The van der Waals surface area contributed by atoms with Gasteiger partial charge in [-0.1, -0.05) is 42.5 Å². The first-order chi connectivity index (χ1) is 13.8. The van der Waals surface area contributed by atoms with Crippen molar-refractivity contribution in [2.75, 3.05) is 39.8 Å². The van der Waals surface area contributed by atoms with Crippen LogP contribution in [0.15, 0.2) is 59.5 Å². The molecule has 29 heavy (non-hydrogen) atoms. The van der Waals surface area contributed by atoms with E-state index >= 15 is 0 Å². The van der Waals surface area contributed by atoms with Crippen LogP contribution in [-0.2, 0) is 14.8 Å². The number of quaternary nitrogens is 1. The standard InChI is InChI=1S/C21H26FN3O3S/c1-17(18-8-4-3-5-9-18)23(2)21(26)16-24-12-14-25(15-13-24)29(27,28)20-11-7-6-10-19(20)22/h3-11,17H,12-16H2,1-2H3/p+1/t17-/m1/s1. The number of nitrogens with one attached hydrogen (secondary N) is 1. The summed E-state index contributed by atoms with van der Waals surface area (Å²) in [7, 11) is -2.07. The van der Waals surface area contributed by atoms with Crippen LogP contribution in [0.2, 0.25) is 0 Å². The average molecular weight is 421 g/mol. The van der Waals surface area contributed by atoms with E-state index in [1.807, 2.05) is 37.3 Å². The highest BCUT2D eigenvalue weighted by Crippen LogP contribution is 2.19. The van der Waals surface area contributed by atoms with Gasteiger partial charge in [0.1, 0.15) is 10.7 Å². The van der Waals surface area contributed by atoms with Gasteiger partial charge in [-0.3, -0.25) is 4.79 Å². The highest BCUT2D eigenvalue weighted by Gasteiger charge is 2.33. The summed E-state index contributed by atoms with van der Waals surface area (Å²) in [5.41, 5.74) is 1.07. The molecule has 0 saturated carbocycles. The predicted octanol–water partition coefficient (Wildman–Crippen LogP) is 0.935. The van der Waals surface area contributed by atoms with Crippen LogP contribution in [0.5, 0.6) is 0 Å². The minimum Gasteiger partial charge on any atom is -0.334 e. The molecule has 0 aromatic heterocycles. The van der Waals surface area contributed by atoms with E-state index in [1.54, 1.807) is 11.9 Å². The third-order valence-corrected chi connectivity index (χ3v) is 7.47. The number of likely N-dealkylation sites (N-methyl/N-ethyl adjacent to an activating group) is 1. The molecule has 3 rings (SSSR count). The fourth-order valence-electron chi connectivity index (χ4n) is 3.52. The molecule has 1 aliphatic heterocycles. The molecule has 2 aromatic carbocycles. The van der Waals surface area contributed by atoms with E-state index in [2.05, 4.69) is 0 Å². The van der Waals surface area contributed by atoms with E-state index in [-0.39, 0.29) is 29.9 Å². The Bertz CT molecular complexity index is 945. The van der Waals surface area contributed by atoms with Crippen molar-refractivity contribution in [2.24, 2.45) is 0 Å². The van der Waals surface area contributed by atoms with E-state index in [9.17, 15) is 17.6 Å². The normalized spacial score (nSPS) is 17.1. The Balaban J connectivity index is 1.57. The Kier molecular flexibility index (Phi) is 6.66. The first-order valence-electron chi connectivity index (χ1n) is 9.69.